The predicted octanol–water partition coefficient (Wildman–Crippen LogP) is 4.45. The molecule has 1 heterocycles. The van der Waals surface area contributed by atoms with Crippen LogP contribution in [0.15, 0.2) is 29.8 Å². The Kier molecular flexibility index (Phi) is 4.86. The Bertz CT molecular complexity index is 748. The number of allylic oxidation sites excluding steroid dienone is 2. The number of benzene rings is 1. The summed E-state index contributed by atoms with van der Waals surface area (Å²) in [6.45, 7) is 4.04. The van der Waals surface area contributed by atoms with E-state index in [2.05, 4.69) is 21.6 Å². The smallest absolute Gasteiger partial charge is 0.257 e. The Balaban J connectivity index is 1.65. The van der Waals surface area contributed by atoms with E-state index in [0.717, 1.165) is 23.4 Å². The molecule has 5 heteroatoms. The van der Waals surface area contributed by atoms with Crippen LogP contribution in [0, 0.1) is 13.8 Å². The number of amides is 1. The van der Waals surface area contributed by atoms with Crippen LogP contribution >= 0.6 is 11.3 Å². The lowest BCUT2D eigenvalue weighted by atomic mass is 9.98. The van der Waals surface area contributed by atoms with Crippen molar-refractivity contribution >= 4 is 22.4 Å². The first-order valence-corrected chi connectivity index (χ1v) is 8.82. The summed E-state index contributed by atoms with van der Waals surface area (Å²) in [5, 5.41) is 12.7. The zero-order chi connectivity index (χ0) is 16.2. The number of rotatable bonds is 4. The van der Waals surface area contributed by atoms with Crippen molar-refractivity contribution in [2.75, 3.05) is 5.32 Å². The molecule has 1 aliphatic carbocycles. The molecule has 23 heavy (non-hydrogen) atoms. The van der Waals surface area contributed by atoms with Crippen LogP contribution in [-0.2, 0) is 6.42 Å². The number of aromatic nitrogens is 2. The Morgan fingerprint density at radius 1 is 1.22 bits per heavy atom. The highest BCUT2D eigenvalue weighted by atomic mass is 32.1. The van der Waals surface area contributed by atoms with Crippen molar-refractivity contribution in [2.45, 2.75) is 46.0 Å². The summed E-state index contributed by atoms with van der Waals surface area (Å²) in [5.41, 5.74) is 4.39. The van der Waals surface area contributed by atoms with Gasteiger partial charge in [0, 0.05) is 12.0 Å². The molecule has 0 bridgehead atoms. The van der Waals surface area contributed by atoms with Crippen molar-refractivity contribution in [3.8, 4) is 0 Å². The van der Waals surface area contributed by atoms with Gasteiger partial charge in [0.2, 0.25) is 5.13 Å². The van der Waals surface area contributed by atoms with Crippen molar-refractivity contribution in [1.29, 1.82) is 0 Å². The molecule has 2 aromatic rings. The Morgan fingerprint density at radius 3 is 2.83 bits per heavy atom. The maximum absolute atomic E-state index is 12.3. The van der Waals surface area contributed by atoms with E-state index in [1.165, 1.54) is 41.7 Å². The number of hydrogen-bond donors (Lipinski definition) is 1. The van der Waals surface area contributed by atoms with Crippen molar-refractivity contribution in [3.05, 3.63) is 51.5 Å². The van der Waals surface area contributed by atoms with Crippen LogP contribution in [0.2, 0.25) is 0 Å². The normalized spacial score (nSPS) is 14.4. The third-order valence-corrected chi connectivity index (χ3v) is 5.06. The van der Waals surface area contributed by atoms with Gasteiger partial charge in [-0.05, 0) is 62.8 Å². The molecule has 1 aromatic heterocycles. The summed E-state index contributed by atoms with van der Waals surface area (Å²) in [7, 11) is 0. The lowest BCUT2D eigenvalue weighted by Crippen LogP contribution is -2.12. The molecule has 0 unspecified atom stereocenters. The van der Waals surface area contributed by atoms with E-state index in [0.29, 0.717) is 10.7 Å². The minimum atomic E-state index is -0.132. The second-order valence-electron chi connectivity index (χ2n) is 6.04. The fourth-order valence-electron chi connectivity index (χ4n) is 2.69. The zero-order valence-corrected chi connectivity index (χ0v) is 14.4. The largest absolute Gasteiger partial charge is 0.296 e. The third kappa shape index (κ3) is 4.05. The molecule has 0 atom stereocenters. The van der Waals surface area contributed by atoms with Gasteiger partial charge in [-0.25, -0.2) is 0 Å². The molecule has 1 N–H and O–H groups in total. The lowest BCUT2D eigenvalue weighted by Gasteiger charge is -2.10. The lowest BCUT2D eigenvalue weighted by molar-refractivity contribution is 0.102. The molecular weight excluding hydrogens is 306 g/mol. The molecule has 4 nitrogen and oxygen atoms in total. The van der Waals surface area contributed by atoms with Crippen molar-refractivity contribution in [3.63, 3.8) is 0 Å². The summed E-state index contributed by atoms with van der Waals surface area (Å²) in [6.07, 6.45) is 8.06. The summed E-state index contributed by atoms with van der Waals surface area (Å²) in [5.74, 6) is -0.132. The summed E-state index contributed by atoms with van der Waals surface area (Å²) < 4.78 is 0. The number of aryl methyl sites for hydroxylation is 2. The SMILES string of the molecule is Cc1ccc(C(=O)Nc2nnc(CC3=CCCCC3)s2)cc1C. The van der Waals surface area contributed by atoms with Gasteiger partial charge >= 0.3 is 0 Å². The van der Waals surface area contributed by atoms with E-state index >= 15 is 0 Å². The maximum atomic E-state index is 12.3. The molecule has 0 fully saturated rings. The number of anilines is 1. The van der Waals surface area contributed by atoms with E-state index in [1.54, 1.807) is 0 Å². The highest BCUT2D eigenvalue weighted by Gasteiger charge is 2.12. The summed E-state index contributed by atoms with van der Waals surface area (Å²) in [4.78, 5) is 12.3. The van der Waals surface area contributed by atoms with E-state index in [-0.39, 0.29) is 5.91 Å². The van der Waals surface area contributed by atoms with Crippen molar-refractivity contribution < 1.29 is 4.79 Å². The van der Waals surface area contributed by atoms with Crippen LogP contribution in [0.25, 0.3) is 0 Å². The van der Waals surface area contributed by atoms with Gasteiger partial charge in [0.05, 0.1) is 0 Å². The first-order valence-electron chi connectivity index (χ1n) is 8.01. The fourth-order valence-corrected chi connectivity index (χ4v) is 3.47. The molecule has 1 aromatic carbocycles. The van der Waals surface area contributed by atoms with Gasteiger partial charge in [-0.3, -0.25) is 10.1 Å². The van der Waals surface area contributed by atoms with Gasteiger partial charge in [0.15, 0.2) is 0 Å². The topological polar surface area (TPSA) is 54.9 Å². The predicted molar refractivity (Wildman–Crippen MR) is 94.0 cm³/mol. The summed E-state index contributed by atoms with van der Waals surface area (Å²) in [6, 6.07) is 5.71. The first kappa shape index (κ1) is 15.9. The van der Waals surface area contributed by atoms with Crippen molar-refractivity contribution in [2.24, 2.45) is 0 Å². The van der Waals surface area contributed by atoms with E-state index in [4.69, 9.17) is 0 Å². The molecular formula is C18H21N3OS. The maximum Gasteiger partial charge on any atom is 0.257 e. The molecule has 0 radical (unpaired) electrons. The highest BCUT2D eigenvalue weighted by molar-refractivity contribution is 7.15. The van der Waals surface area contributed by atoms with Crippen LogP contribution in [0.5, 0.6) is 0 Å². The number of carbonyl (C=O) groups excluding carboxylic acids is 1. The van der Waals surface area contributed by atoms with Crippen LogP contribution in [0.4, 0.5) is 5.13 Å². The standard InChI is InChI=1S/C18H21N3OS/c1-12-8-9-15(10-13(12)2)17(22)19-18-21-20-16(23-18)11-14-6-4-3-5-7-14/h6,8-10H,3-5,7,11H2,1-2H3,(H,19,21,22). The molecule has 0 spiro atoms. The molecule has 1 amide bonds. The van der Waals surface area contributed by atoms with Crippen LogP contribution < -0.4 is 5.32 Å². The molecule has 0 saturated heterocycles. The molecule has 120 valence electrons. The van der Waals surface area contributed by atoms with Crippen LogP contribution in [0.1, 0.15) is 52.2 Å². The van der Waals surface area contributed by atoms with Gasteiger partial charge in [0.25, 0.3) is 5.91 Å². The van der Waals surface area contributed by atoms with Gasteiger partial charge in [-0.1, -0.05) is 29.1 Å². The molecule has 0 saturated carbocycles. The van der Waals surface area contributed by atoms with E-state index in [1.807, 2.05) is 32.0 Å². The van der Waals surface area contributed by atoms with Gasteiger partial charge in [0.1, 0.15) is 5.01 Å². The van der Waals surface area contributed by atoms with Gasteiger partial charge in [-0.15, -0.1) is 10.2 Å². The second kappa shape index (κ2) is 7.04. The van der Waals surface area contributed by atoms with Crippen LogP contribution in [0.3, 0.4) is 0 Å². The minimum Gasteiger partial charge on any atom is -0.296 e. The van der Waals surface area contributed by atoms with E-state index < -0.39 is 0 Å². The Labute approximate surface area is 140 Å². The summed E-state index contributed by atoms with van der Waals surface area (Å²) >= 11 is 1.46. The number of carbonyl (C=O) groups is 1. The average molecular weight is 327 g/mol. The Hall–Kier alpha value is -2.01. The minimum absolute atomic E-state index is 0.132. The second-order valence-corrected chi connectivity index (χ2v) is 7.10. The Morgan fingerprint density at radius 2 is 2.09 bits per heavy atom. The van der Waals surface area contributed by atoms with Gasteiger partial charge < -0.3 is 0 Å². The van der Waals surface area contributed by atoms with E-state index in [9.17, 15) is 4.79 Å². The quantitative estimate of drug-likeness (QED) is 0.844. The molecule has 3 rings (SSSR count). The van der Waals surface area contributed by atoms with Crippen molar-refractivity contribution in [1.82, 2.24) is 10.2 Å². The zero-order valence-electron chi connectivity index (χ0n) is 13.6. The number of hydrogen-bond acceptors (Lipinski definition) is 4. The number of nitrogens with zero attached hydrogens (tertiary/aromatic N) is 2. The number of nitrogens with one attached hydrogen (secondary N) is 1. The molecule has 0 aliphatic heterocycles. The molecule has 1 aliphatic rings. The van der Waals surface area contributed by atoms with Crippen LogP contribution in [-0.4, -0.2) is 16.1 Å². The highest BCUT2D eigenvalue weighted by Crippen LogP contribution is 2.24. The van der Waals surface area contributed by atoms with Gasteiger partial charge in [-0.2, -0.15) is 0 Å². The fraction of sp³-hybridized carbons (Fsp3) is 0.389. The average Bonchev–Trinajstić information content (AvgIpc) is 2.98. The monoisotopic (exact) mass is 327 g/mol. The first-order chi connectivity index (χ1) is 11.1. The third-order valence-electron chi connectivity index (χ3n) is 4.22.